The number of benzene rings is 1. The first-order chi connectivity index (χ1) is 9.19. The largest absolute Gasteiger partial charge is 0.354 e. The lowest BCUT2D eigenvalue weighted by molar-refractivity contribution is -0.126. The van der Waals surface area contributed by atoms with Gasteiger partial charge in [0.15, 0.2) is 0 Å². The molecule has 1 amide bonds. The predicted octanol–water partition coefficient (Wildman–Crippen LogP) is 3.78. The molecule has 0 spiro atoms. The van der Waals surface area contributed by atoms with Crippen LogP contribution in [0.4, 0.5) is 0 Å². The molecule has 0 saturated carbocycles. The Bertz CT molecular complexity index is 475. The fraction of sp³-hybridized carbons (Fsp3) is 0.562. The number of carbonyl (C=O) groups is 1. The van der Waals surface area contributed by atoms with E-state index in [1.54, 1.807) is 6.92 Å². The van der Waals surface area contributed by atoms with Gasteiger partial charge in [-0.05, 0) is 31.0 Å². The number of nitrogens with two attached hydrogens (primary N) is 1. The summed E-state index contributed by atoms with van der Waals surface area (Å²) in [6, 6.07) is 8.16. The van der Waals surface area contributed by atoms with E-state index in [4.69, 9.17) is 5.73 Å². The number of hydrogen-bond donors (Lipinski definition) is 2. The Kier molecular flexibility index (Phi) is 7.93. The third kappa shape index (κ3) is 5.97. The van der Waals surface area contributed by atoms with Crippen LogP contribution in [0, 0.1) is 0 Å². The molecule has 5 heteroatoms. The van der Waals surface area contributed by atoms with Crippen molar-refractivity contribution in [1.82, 2.24) is 5.32 Å². The normalized spacial score (nSPS) is 14.0. The summed E-state index contributed by atoms with van der Waals surface area (Å²) >= 11 is 3.48. The summed E-state index contributed by atoms with van der Waals surface area (Å²) in [5, 5.41) is 2.99. The molecule has 3 nitrogen and oxygen atoms in total. The second kappa shape index (κ2) is 8.16. The first kappa shape index (κ1) is 20.4. The van der Waals surface area contributed by atoms with E-state index in [-0.39, 0.29) is 23.7 Å². The zero-order valence-corrected chi connectivity index (χ0v) is 15.6. The fourth-order valence-corrected chi connectivity index (χ4v) is 2.55. The van der Waals surface area contributed by atoms with E-state index in [0.717, 1.165) is 10.9 Å². The van der Waals surface area contributed by atoms with Crippen molar-refractivity contribution in [3.8, 4) is 0 Å². The second-order valence-corrected chi connectivity index (χ2v) is 7.16. The van der Waals surface area contributed by atoms with Gasteiger partial charge in [-0.25, -0.2) is 0 Å². The lowest BCUT2D eigenvalue weighted by Crippen LogP contribution is -2.53. The average molecular weight is 378 g/mol. The maximum Gasteiger partial charge on any atom is 0.239 e. The zero-order chi connectivity index (χ0) is 15.4. The molecule has 0 bridgehead atoms. The van der Waals surface area contributed by atoms with Gasteiger partial charge >= 0.3 is 0 Å². The molecule has 21 heavy (non-hydrogen) atoms. The minimum Gasteiger partial charge on any atom is -0.354 e. The van der Waals surface area contributed by atoms with Crippen molar-refractivity contribution in [2.24, 2.45) is 5.73 Å². The van der Waals surface area contributed by atoms with Crippen LogP contribution in [0.5, 0.6) is 0 Å². The highest BCUT2D eigenvalue weighted by atomic mass is 79.9. The minimum atomic E-state index is -0.790. The number of carbonyl (C=O) groups excluding carboxylic acids is 1. The van der Waals surface area contributed by atoms with Gasteiger partial charge in [0.05, 0.1) is 5.54 Å². The highest BCUT2D eigenvalue weighted by Crippen LogP contribution is 2.25. The summed E-state index contributed by atoms with van der Waals surface area (Å²) in [7, 11) is 0. The molecular formula is C16H26BrClN2O. The summed E-state index contributed by atoms with van der Waals surface area (Å²) < 4.78 is 1.05. The SMILES string of the molecule is CCCC(C)(N)C(=O)NCC(C)(C)c1cccc(Br)c1.Cl. The van der Waals surface area contributed by atoms with Gasteiger partial charge in [-0.1, -0.05) is 55.3 Å². The van der Waals surface area contributed by atoms with Crippen molar-refractivity contribution in [1.29, 1.82) is 0 Å². The Morgan fingerprint density at radius 2 is 1.95 bits per heavy atom. The Labute approximate surface area is 142 Å². The predicted molar refractivity (Wildman–Crippen MR) is 94.9 cm³/mol. The van der Waals surface area contributed by atoms with Crippen LogP contribution >= 0.6 is 28.3 Å². The molecule has 0 saturated heterocycles. The first-order valence-electron chi connectivity index (χ1n) is 7.02. The number of hydrogen-bond acceptors (Lipinski definition) is 2. The topological polar surface area (TPSA) is 55.1 Å². The molecule has 0 heterocycles. The van der Waals surface area contributed by atoms with Gasteiger partial charge in [0.25, 0.3) is 0 Å². The van der Waals surface area contributed by atoms with Crippen molar-refractivity contribution in [2.75, 3.05) is 6.54 Å². The van der Waals surface area contributed by atoms with Crippen molar-refractivity contribution in [3.05, 3.63) is 34.3 Å². The van der Waals surface area contributed by atoms with Crippen LogP contribution in [0.15, 0.2) is 28.7 Å². The quantitative estimate of drug-likeness (QED) is 0.792. The van der Waals surface area contributed by atoms with E-state index in [2.05, 4.69) is 47.2 Å². The molecule has 1 aromatic rings. The monoisotopic (exact) mass is 376 g/mol. The summed E-state index contributed by atoms with van der Waals surface area (Å²) in [5.74, 6) is -0.0811. The number of rotatable bonds is 6. The van der Waals surface area contributed by atoms with Crippen LogP contribution in [-0.2, 0) is 10.2 Å². The van der Waals surface area contributed by atoms with E-state index in [1.807, 2.05) is 19.1 Å². The highest BCUT2D eigenvalue weighted by Gasteiger charge is 2.29. The van der Waals surface area contributed by atoms with Crippen molar-refractivity contribution >= 4 is 34.2 Å². The van der Waals surface area contributed by atoms with Crippen molar-refractivity contribution in [3.63, 3.8) is 0 Å². The van der Waals surface area contributed by atoms with Crippen LogP contribution in [0.1, 0.15) is 46.1 Å². The first-order valence-corrected chi connectivity index (χ1v) is 7.81. The fourth-order valence-electron chi connectivity index (χ4n) is 2.15. The third-order valence-corrected chi connectivity index (χ3v) is 4.08. The van der Waals surface area contributed by atoms with Crippen LogP contribution in [0.25, 0.3) is 0 Å². The van der Waals surface area contributed by atoms with Gasteiger partial charge < -0.3 is 11.1 Å². The maximum absolute atomic E-state index is 12.2. The smallest absolute Gasteiger partial charge is 0.239 e. The van der Waals surface area contributed by atoms with Gasteiger partial charge in [-0.3, -0.25) is 4.79 Å². The molecule has 0 aliphatic heterocycles. The minimum absolute atomic E-state index is 0. The summed E-state index contributed by atoms with van der Waals surface area (Å²) in [6.07, 6.45) is 1.59. The lowest BCUT2D eigenvalue weighted by Gasteiger charge is -2.29. The van der Waals surface area contributed by atoms with E-state index in [0.29, 0.717) is 13.0 Å². The van der Waals surface area contributed by atoms with Crippen LogP contribution < -0.4 is 11.1 Å². The van der Waals surface area contributed by atoms with E-state index < -0.39 is 5.54 Å². The summed E-state index contributed by atoms with van der Waals surface area (Å²) in [6.45, 7) is 8.62. The highest BCUT2D eigenvalue weighted by molar-refractivity contribution is 9.10. The third-order valence-electron chi connectivity index (χ3n) is 3.59. The molecule has 0 aliphatic carbocycles. The number of halogens is 2. The molecular weight excluding hydrogens is 352 g/mol. The van der Waals surface area contributed by atoms with Gasteiger partial charge in [0.2, 0.25) is 5.91 Å². The van der Waals surface area contributed by atoms with Crippen LogP contribution in [-0.4, -0.2) is 18.0 Å². The Hall–Kier alpha value is -0.580. The molecule has 1 atom stereocenters. The van der Waals surface area contributed by atoms with Gasteiger partial charge in [-0.2, -0.15) is 0 Å². The van der Waals surface area contributed by atoms with Crippen molar-refractivity contribution in [2.45, 2.75) is 51.5 Å². The number of amides is 1. The average Bonchev–Trinajstić information content (AvgIpc) is 2.36. The molecule has 0 aliphatic rings. The maximum atomic E-state index is 12.2. The lowest BCUT2D eigenvalue weighted by atomic mass is 9.84. The Balaban J connectivity index is 0.00000400. The van der Waals surface area contributed by atoms with Crippen LogP contribution in [0.3, 0.4) is 0 Å². The van der Waals surface area contributed by atoms with Crippen LogP contribution in [0.2, 0.25) is 0 Å². The molecule has 1 aromatic carbocycles. The van der Waals surface area contributed by atoms with Gasteiger partial charge in [0.1, 0.15) is 0 Å². The molecule has 1 unspecified atom stereocenters. The standard InChI is InChI=1S/C16H25BrN2O.ClH/c1-5-9-16(4,18)14(20)19-11-15(2,3)12-7-6-8-13(17)10-12;/h6-8,10H,5,9,11,18H2,1-4H3,(H,19,20);1H. The summed E-state index contributed by atoms with van der Waals surface area (Å²) in [4.78, 5) is 12.2. The molecule has 3 N–H and O–H groups in total. The molecule has 0 radical (unpaired) electrons. The van der Waals surface area contributed by atoms with E-state index >= 15 is 0 Å². The summed E-state index contributed by atoms with van der Waals surface area (Å²) in [5.41, 5.74) is 6.30. The molecule has 1 rings (SSSR count). The molecule has 0 aromatic heterocycles. The van der Waals surface area contributed by atoms with Gasteiger partial charge in [0, 0.05) is 16.4 Å². The van der Waals surface area contributed by atoms with E-state index in [1.165, 1.54) is 5.56 Å². The zero-order valence-electron chi connectivity index (χ0n) is 13.2. The second-order valence-electron chi connectivity index (χ2n) is 6.24. The van der Waals surface area contributed by atoms with Crippen molar-refractivity contribution < 1.29 is 4.79 Å². The molecule has 120 valence electrons. The van der Waals surface area contributed by atoms with Gasteiger partial charge in [-0.15, -0.1) is 12.4 Å². The molecule has 0 fully saturated rings. The number of nitrogens with one attached hydrogen (secondary N) is 1. The Morgan fingerprint density at radius 1 is 1.33 bits per heavy atom. The van der Waals surface area contributed by atoms with E-state index in [9.17, 15) is 4.79 Å². The Morgan fingerprint density at radius 3 is 2.48 bits per heavy atom.